The van der Waals surface area contributed by atoms with Crippen LogP contribution in [-0.2, 0) is 11.3 Å². The third-order valence-electron chi connectivity index (χ3n) is 5.62. The maximum absolute atomic E-state index is 13.3. The first-order valence-electron chi connectivity index (χ1n) is 9.80. The molecule has 2 aromatic carbocycles. The van der Waals surface area contributed by atoms with E-state index in [-0.39, 0.29) is 29.5 Å². The van der Waals surface area contributed by atoms with E-state index in [1.807, 2.05) is 6.07 Å². The molecule has 0 saturated carbocycles. The number of carbonyl (C=O) groups excluding carboxylic acids is 1. The van der Waals surface area contributed by atoms with Crippen molar-refractivity contribution in [2.75, 3.05) is 0 Å². The van der Waals surface area contributed by atoms with Gasteiger partial charge in [-0.1, -0.05) is 41.9 Å². The van der Waals surface area contributed by atoms with Crippen molar-refractivity contribution in [1.82, 2.24) is 9.88 Å². The zero-order chi connectivity index (χ0) is 22.0. The number of hydrogen-bond acceptors (Lipinski definition) is 5. The Bertz CT molecular complexity index is 1090. The van der Waals surface area contributed by atoms with Crippen LogP contribution < -0.4 is 0 Å². The van der Waals surface area contributed by atoms with Gasteiger partial charge in [-0.05, 0) is 47.0 Å². The highest BCUT2D eigenvalue weighted by Gasteiger charge is 2.50. The van der Waals surface area contributed by atoms with Gasteiger partial charge in [0.1, 0.15) is 11.8 Å². The van der Waals surface area contributed by atoms with Crippen LogP contribution in [-0.4, -0.2) is 31.9 Å². The normalized spacial score (nSPS) is 21.1. The van der Waals surface area contributed by atoms with Gasteiger partial charge < -0.3 is 10.0 Å². The number of carbonyl (C=O) groups is 1. The molecule has 0 bridgehead atoms. The number of nitro groups is 1. The molecule has 7 nitrogen and oxygen atoms in total. The van der Waals surface area contributed by atoms with Crippen molar-refractivity contribution in [3.63, 3.8) is 0 Å². The minimum atomic E-state index is -1.09. The van der Waals surface area contributed by atoms with Crippen molar-refractivity contribution in [2.45, 2.75) is 31.0 Å². The molecule has 1 aliphatic heterocycles. The van der Waals surface area contributed by atoms with Crippen LogP contribution in [0.3, 0.4) is 0 Å². The standard InChI is InChI=1S/C23H20ClN3O4/c24-18-5-1-4-17(11-18)20-12-21(29)26(14-15-3-2-10-25-13-15)22(23(20)27(30)31)16-6-8-19(28)9-7-16/h1-11,13,20,22-23,28H,12,14H2/t20-,22+,23-/m0/s1. The molecule has 8 heteroatoms. The Hall–Kier alpha value is -3.45. The molecule has 0 unspecified atom stereocenters. The summed E-state index contributed by atoms with van der Waals surface area (Å²) in [7, 11) is 0. The summed E-state index contributed by atoms with van der Waals surface area (Å²) in [6, 6.07) is 14.8. The highest BCUT2D eigenvalue weighted by Crippen LogP contribution is 2.43. The van der Waals surface area contributed by atoms with Gasteiger partial charge >= 0.3 is 0 Å². The number of piperidine rings is 1. The van der Waals surface area contributed by atoms with Crippen LogP contribution in [0.1, 0.15) is 35.1 Å². The molecule has 1 amide bonds. The van der Waals surface area contributed by atoms with Crippen LogP contribution in [0.2, 0.25) is 5.02 Å². The van der Waals surface area contributed by atoms with Gasteiger partial charge in [-0.3, -0.25) is 19.9 Å². The average Bonchev–Trinajstić information content (AvgIpc) is 2.76. The summed E-state index contributed by atoms with van der Waals surface area (Å²) in [6.45, 7) is 0.199. The lowest BCUT2D eigenvalue weighted by atomic mass is 9.78. The molecule has 2 heterocycles. The van der Waals surface area contributed by atoms with Crippen molar-refractivity contribution in [3.05, 3.63) is 105 Å². The zero-order valence-corrected chi connectivity index (χ0v) is 17.2. The summed E-state index contributed by atoms with van der Waals surface area (Å²) in [6.07, 6.45) is 3.28. The lowest BCUT2D eigenvalue weighted by Crippen LogP contribution is -2.51. The number of phenolic OH excluding ortho intramolecular Hbond substituents is 1. The van der Waals surface area contributed by atoms with E-state index in [1.165, 1.54) is 17.0 Å². The number of aromatic hydroxyl groups is 1. The maximum Gasteiger partial charge on any atom is 0.244 e. The first kappa shape index (κ1) is 20.8. The Morgan fingerprint density at radius 3 is 2.55 bits per heavy atom. The molecule has 31 heavy (non-hydrogen) atoms. The van der Waals surface area contributed by atoms with Crippen molar-refractivity contribution in [1.29, 1.82) is 0 Å². The molecule has 158 valence electrons. The van der Waals surface area contributed by atoms with E-state index in [9.17, 15) is 20.0 Å². The number of likely N-dealkylation sites (tertiary alicyclic amines) is 1. The van der Waals surface area contributed by atoms with E-state index < -0.39 is 18.0 Å². The van der Waals surface area contributed by atoms with Gasteiger partial charge in [0.2, 0.25) is 11.9 Å². The highest BCUT2D eigenvalue weighted by atomic mass is 35.5. The van der Waals surface area contributed by atoms with Crippen LogP contribution >= 0.6 is 11.6 Å². The monoisotopic (exact) mass is 437 g/mol. The number of benzene rings is 2. The van der Waals surface area contributed by atoms with Crippen LogP contribution in [0.15, 0.2) is 73.1 Å². The maximum atomic E-state index is 13.3. The van der Waals surface area contributed by atoms with Crippen molar-refractivity contribution < 1.29 is 14.8 Å². The molecule has 1 fully saturated rings. The first-order chi connectivity index (χ1) is 14.9. The number of pyridine rings is 1. The van der Waals surface area contributed by atoms with E-state index >= 15 is 0 Å². The molecule has 1 aliphatic rings. The van der Waals surface area contributed by atoms with Gasteiger partial charge in [-0.25, -0.2) is 0 Å². The summed E-state index contributed by atoms with van der Waals surface area (Å²) < 4.78 is 0. The summed E-state index contributed by atoms with van der Waals surface area (Å²) in [5.74, 6) is -0.774. The Balaban J connectivity index is 1.82. The summed E-state index contributed by atoms with van der Waals surface area (Å²) in [5.41, 5.74) is 2.03. The number of phenols is 1. The average molecular weight is 438 g/mol. The Labute approximate surface area is 184 Å². The molecule has 4 rings (SSSR count). The van der Waals surface area contributed by atoms with E-state index in [2.05, 4.69) is 4.98 Å². The van der Waals surface area contributed by atoms with Gasteiger partial charge in [0.05, 0.1) is 5.92 Å². The summed E-state index contributed by atoms with van der Waals surface area (Å²) in [4.78, 5) is 31.0. The Morgan fingerprint density at radius 1 is 1.13 bits per heavy atom. The lowest BCUT2D eigenvalue weighted by Gasteiger charge is -2.41. The van der Waals surface area contributed by atoms with Crippen molar-refractivity contribution in [3.8, 4) is 5.75 Å². The predicted octanol–water partition coefficient (Wildman–Crippen LogP) is 4.34. The van der Waals surface area contributed by atoms with Crippen LogP contribution in [0.5, 0.6) is 5.75 Å². The first-order valence-corrected chi connectivity index (χ1v) is 10.2. The van der Waals surface area contributed by atoms with E-state index in [0.717, 1.165) is 5.56 Å². The Kier molecular flexibility index (Phi) is 5.86. The minimum Gasteiger partial charge on any atom is -0.508 e. The van der Waals surface area contributed by atoms with Gasteiger partial charge in [-0.15, -0.1) is 0 Å². The molecular formula is C23H20ClN3O4. The third kappa shape index (κ3) is 4.36. The zero-order valence-electron chi connectivity index (χ0n) is 16.5. The Morgan fingerprint density at radius 2 is 1.90 bits per heavy atom. The fraction of sp³-hybridized carbons (Fsp3) is 0.217. The van der Waals surface area contributed by atoms with Crippen molar-refractivity contribution in [2.24, 2.45) is 0 Å². The second kappa shape index (κ2) is 8.73. The largest absolute Gasteiger partial charge is 0.508 e. The van der Waals surface area contributed by atoms with E-state index in [0.29, 0.717) is 16.1 Å². The summed E-state index contributed by atoms with van der Waals surface area (Å²) in [5, 5.41) is 22.5. The van der Waals surface area contributed by atoms with Gasteiger partial charge in [0, 0.05) is 35.3 Å². The van der Waals surface area contributed by atoms with E-state index in [4.69, 9.17) is 11.6 Å². The number of amides is 1. The second-order valence-corrected chi connectivity index (χ2v) is 8.00. The van der Waals surface area contributed by atoms with Crippen LogP contribution in [0.25, 0.3) is 0 Å². The highest BCUT2D eigenvalue weighted by molar-refractivity contribution is 6.30. The van der Waals surface area contributed by atoms with E-state index in [1.54, 1.807) is 54.9 Å². The second-order valence-electron chi connectivity index (χ2n) is 7.56. The number of rotatable bonds is 5. The molecule has 1 aromatic heterocycles. The minimum absolute atomic E-state index is 0.000828. The molecule has 0 spiro atoms. The molecule has 1 N–H and O–H groups in total. The lowest BCUT2D eigenvalue weighted by molar-refractivity contribution is -0.537. The van der Waals surface area contributed by atoms with Crippen LogP contribution in [0.4, 0.5) is 0 Å². The number of halogens is 1. The van der Waals surface area contributed by atoms with Gasteiger partial charge in [0.15, 0.2) is 0 Å². The number of nitrogens with zero attached hydrogens (tertiary/aromatic N) is 3. The quantitative estimate of drug-likeness (QED) is 0.473. The third-order valence-corrected chi connectivity index (χ3v) is 5.85. The van der Waals surface area contributed by atoms with Crippen molar-refractivity contribution >= 4 is 17.5 Å². The molecule has 1 saturated heterocycles. The predicted molar refractivity (Wildman–Crippen MR) is 115 cm³/mol. The molecule has 3 aromatic rings. The molecule has 0 aliphatic carbocycles. The fourth-order valence-corrected chi connectivity index (χ4v) is 4.42. The SMILES string of the molecule is O=C1C[C@@H](c2cccc(Cl)c2)[C@H]([N+](=O)[O-])[C@@H](c2ccc(O)cc2)N1Cc1cccnc1. The topological polar surface area (TPSA) is 96.6 Å². The molecule has 0 radical (unpaired) electrons. The smallest absolute Gasteiger partial charge is 0.244 e. The molecule has 3 atom stereocenters. The number of hydrogen-bond donors (Lipinski definition) is 1. The number of aromatic nitrogens is 1. The van der Waals surface area contributed by atoms with Gasteiger partial charge in [-0.2, -0.15) is 0 Å². The summed E-state index contributed by atoms with van der Waals surface area (Å²) >= 11 is 6.13. The fourth-order valence-electron chi connectivity index (χ4n) is 4.22. The van der Waals surface area contributed by atoms with Gasteiger partial charge in [0.25, 0.3) is 0 Å². The molecular weight excluding hydrogens is 418 g/mol. The van der Waals surface area contributed by atoms with Crippen LogP contribution in [0, 0.1) is 10.1 Å².